The Balaban J connectivity index is 1.82. The van der Waals surface area contributed by atoms with Crippen LogP contribution in [0.1, 0.15) is 19.8 Å². The van der Waals surface area contributed by atoms with Gasteiger partial charge < -0.3 is 4.90 Å². The van der Waals surface area contributed by atoms with Gasteiger partial charge in [-0.2, -0.15) is 0 Å². The van der Waals surface area contributed by atoms with Gasteiger partial charge in [0.05, 0.1) is 5.75 Å². The summed E-state index contributed by atoms with van der Waals surface area (Å²) in [6.45, 7) is 4.05. The summed E-state index contributed by atoms with van der Waals surface area (Å²) in [5.74, 6) is 1.42. The Morgan fingerprint density at radius 3 is 2.83 bits per heavy atom. The molecule has 98 valence electrons. The van der Waals surface area contributed by atoms with Crippen molar-refractivity contribution >= 4 is 29.3 Å². The first kappa shape index (κ1) is 13.8. The van der Waals surface area contributed by atoms with E-state index in [-0.39, 0.29) is 5.91 Å². The van der Waals surface area contributed by atoms with E-state index in [9.17, 15) is 4.79 Å². The van der Waals surface area contributed by atoms with Crippen LogP contribution in [0.3, 0.4) is 0 Å². The monoisotopic (exact) mass is 283 g/mol. The van der Waals surface area contributed by atoms with E-state index in [1.165, 1.54) is 6.42 Å². The molecule has 1 aromatic carbocycles. The molecule has 1 fully saturated rings. The highest BCUT2D eigenvalue weighted by Gasteiger charge is 2.20. The maximum Gasteiger partial charge on any atom is 0.232 e. The lowest BCUT2D eigenvalue weighted by Gasteiger charge is -2.30. The zero-order valence-corrected chi connectivity index (χ0v) is 12.1. The van der Waals surface area contributed by atoms with Crippen molar-refractivity contribution in [2.45, 2.75) is 24.7 Å². The van der Waals surface area contributed by atoms with Crippen molar-refractivity contribution in [2.75, 3.05) is 18.8 Å². The van der Waals surface area contributed by atoms with Crippen molar-refractivity contribution in [3.05, 3.63) is 29.3 Å². The SMILES string of the molecule is CC1CCCN(C(=O)CSc2ccc(Cl)cc2)C1. The molecular formula is C14H18ClNOS. The van der Waals surface area contributed by atoms with Crippen molar-refractivity contribution < 1.29 is 4.79 Å². The molecule has 1 saturated heterocycles. The fourth-order valence-electron chi connectivity index (χ4n) is 2.18. The third-order valence-electron chi connectivity index (χ3n) is 3.19. The molecule has 2 nitrogen and oxygen atoms in total. The van der Waals surface area contributed by atoms with E-state index >= 15 is 0 Å². The fourth-order valence-corrected chi connectivity index (χ4v) is 3.11. The number of nitrogens with zero attached hydrogens (tertiary/aromatic N) is 1. The van der Waals surface area contributed by atoms with Crippen LogP contribution in [0.4, 0.5) is 0 Å². The van der Waals surface area contributed by atoms with Crippen LogP contribution < -0.4 is 0 Å². The predicted molar refractivity (Wildman–Crippen MR) is 77.2 cm³/mol. The van der Waals surface area contributed by atoms with Crippen molar-refractivity contribution in [3.63, 3.8) is 0 Å². The molecule has 4 heteroatoms. The average Bonchev–Trinajstić information content (AvgIpc) is 2.38. The summed E-state index contributed by atoms with van der Waals surface area (Å²) >= 11 is 7.41. The number of rotatable bonds is 3. The number of likely N-dealkylation sites (tertiary alicyclic amines) is 1. The Labute approximate surface area is 118 Å². The predicted octanol–water partition coefficient (Wildman–Crippen LogP) is 3.69. The minimum absolute atomic E-state index is 0.251. The molecule has 0 N–H and O–H groups in total. The van der Waals surface area contributed by atoms with Crippen molar-refractivity contribution in [3.8, 4) is 0 Å². The standard InChI is InChI=1S/C14H18ClNOS/c1-11-3-2-8-16(9-11)14(17)10-18-13-6-4-12(15)5-7-13/h4-7,11H,2-3,8-10H2,1H3. The quantitative estimate of drug-likeness (QED) is 0.789. The smallest absolute Gasteiger partial charge is 0.232 e. The molecule has 18 heavy (non-hydrogen) atoms. The lowest BCUT2D eigenvalue weighted by Crippen LogP contribution is -2.40. The van der Waals surface area contributed by atoms with E-state index in [4.69, 9.17) is 11.6 Å². The molecule has 1 amide bonds. The number of piperidine rings is 1. The second kappa shape index (κ2) is 6.48. The lowest BCUT2D eigenvalue weighted by molar-refractivity contribution is -0.130. The van der Waals surface area contributed by atoms with Gasteiger partial charge in [-0.15, -0.1) is 11.8 Å². The maximum absolute atomic E-state index is 12.1. The molecular weight excluding hydrogens is 266 g/mol. The van der Waals surface area contributed by atoms with E-state index < -0.39 is 0 Å². The first-order valence-corrected chi connectivity index (χ1v) is 7.67. The second-order valence-corrected chi connectivity index (χ2v) is 6.31. The molecule has 1 aromatic rings. The molecule has 0 aromatic heterocycles. The van der Waals surface area contributed by atoms with E-state index in [1.807, 2.05) is 29.2 Å². The number of carbonyl (C=O) groups is 1. The van der Waals surface area contributed by atoms with Gasteiger partial charge in [0.1, 0.15) is 0 Å². The van der Waals surface area contributed by atoms with Crippen LogP contribution in [0.2, 0.25) is 5.02 Å². The molecule has 1 aliphatic heterocycles. The van der Waals surface area contributed by atoms with Crippen LogP contribution in [0, 0.1) is 5.92 Å². The molecule has 1 atom stereocenters. The van der Waals surface area contributed by atoms with Gasteiger partial charge in [-0.1, -0.05) is 18.5 Å². The van der Waals surface area contributed by atoms with Gasteiger partial charge in [0.25, 0.3) is 0 Å². The largest absolute Gasteiger partial charge is 0.342 e. The van der Waals surface area contributed by atoms with Crippen LogP contribution in [-0.4, -0.2) is 29.6 Å². The number of halogens is 1. The van der Waals surface area contributed by atoms with Crippen molar-refractivity contribution in [1.82, 2.24) is 4.90 Å². The van der Waals surface area contributed by atoms with Crippen molar-refractivity contribution in [2.24, 2.45) is 5.92 Å². The summed E-state index contributed by atoms with van der Waals surface area (Å²) in [7, 11) is 0. The van der Waals surface area contributed by atoms with E-state index in [1.54, 1.807) is 11.8 Å². The highest BCUT2D eigenvalue weighted by molar-refractivity contribution is 8.00. The summed E-state index contributed by atoms with van der Waals surface area (Å²) in [5, 5.41) is 0.732. The number of thioether (sulfide) groups is 1. The van der Waals surface area contributed by atoms with E-state index in [0.717, 1.165) is 29.4 Å². The third kappa shape index (κ3) is 3.92. The Bertz CT molecular complexity index is 407. The maximum atomic E-state index is 12.1. The second-order valence-electron chi connectivity index (χ2n) is 4.83. The van der Waals surface area contributed by atoms with Crippen molar-refractivity contribution in [1.29, 1.82) is 0 Å². The van der Waals surface area contributed by atoms with Crippen LogP contribution in [0.25, 0.3) is 0 Å². The van der Waals surface area contributed by atoms with Gasteiger partial charge >= 0.3 is 0 Å². The molecule has 0 spiro atoms. The van der Waals surface area contributed by atoms with E-state index in [2.05, 4.69) is 6.92 Å². The van der Waals surface area contributed by atoms with Gasteiger partial charge in [-0.3, -0.25) is 4.79 Å². The average molecular weight is 284 g/mol. The Hall–Kier alpha value is -0.670. The Morgan fingerprint density at radius 1 is 1.44 bits per heavy atom. The topological polar surface area (TPSA) is 20.3 Å². The molecule has 0 radical (unpaired) electrons. The third-order valence-corrected chi connectivity index (χ3v) is 4.43. The lowest BCUT2D eigenvalue weighted by atomic mass is 10.0. The summed E-state index contributed by atoms with van der Waals surface area (Å²) in [5.41, 5.74) is 0. The van der Waals surface area contributed by atoms with Gasteiger partial charge in [0.2, 0.25) is 5.91 Å². The van der Waals surface area contributed by atoms with Gasteiger partial charge in [0, 0.05) is 23.0 Å². The molecule has 0 saturated carbocycles. The van der Waals surface area contributed by atoms with Gasteiger partial charge in [0.15, 0.2) is 0 Å². The number of carbonyl (C=O) groups excluding carboxylic acids is 1. The highest BCUT2D eigenvalue weighted by Crippen LogP contribution is 2.22. The first-order chi connectivity index (χ1) is 8.65. The minimum Gasteiger partial charge on any atom is -0.342 e. The minimum atomic E-state index is 0.251. The Morgan fingerprint density at radius 2 is 2.17 bits per heavy atom. The van der Waals surface area contributed by atoms with Crippen LogP contribution in [-0.2, 0) is 4.79 Å². The zero-order chi connectivity index (χ0) is 13.0. The molecule has 1 aliphatic rings. The molecule has 1 heterocycles. The van der Waals surface area contributed by atoms with Gasteiger partial charge in [-0.25, -0.2) is 0 Å². The van der Waals surface area contributed by atoms with E-state index in [0.29, 0.717) is 11.7 Å². The van der Waals surface area contributed by atoms with Crippen LogP contribution in [0.15, 0.2) is 29.2 Å². The summed E-state index contributed by atoms with van der Waals surface area (Å²) in [6, 6.07) is 7.63. The summed E-state index contributed by atoms with van der Waals surface area (Å²) in [6.07, 6.45) is 2.38. The Kier molecular flexibility index (Phi) is 4.95. The number of hydrogen-bond acceptors (Lipinski definition) is 2. The van der Waals surface area contributed by atoms with Crippen LogP contribution in [0.5, 0.6) is 0 Å². The summed E-state index contributed by atoms with van der Waals surface area (Å²) in [4.78, 5) is 15.2. The number of benzene rings is 1. The number of hydrogen-bond donors (Lipinski definition) is 0. The summed E-state index contributed by atoms with van der Waals surface area (Å²) < 4.78 is 0. The van der Waals surface area contributed by atoms with Crippen LogP contribution >= 0.6 is 23.4 Å². The molecule has 0 bridgehead atoms. The zero-order valence-electron chi connectivity index (χ0n) is 10.6. The van der Waals surface area contributed by atoms with Gasteiger partial charge in [-0.05, 0) is 43.0 Å². The molecule has 0 aliphatic carbocycles. The highest BCUT2D eigenvalue weighted by atomic mass is 35.5. The number of amides is 1. The first-order valence-electron chi connectivity index (χ1n) is 6.31. The fraction of sp³-hybridized carbons (Fsp3) is 0.500. The normalized spacial score (nSPS) is 19.9. The molecule has 1 unspecified atom stereocenters. The molecule has 2 rings (SSSR count).